The fraction of sp³-hybridized carbons (Fsp3) is 0.250. The number of hydrogen-bond donors (Lipinski definition) is 0. The molecule has 6 nitrogen and oxygen atoms in total. The van der Waals surface area contributed by atoms with E-state index < -0.39 is 0 Å². The van der Waals surface area contributed by atoms with Crippen LogP contribution < -0.4 is 4.90 Å². The number of benzene rings is 2. The average molecular weight is 498 g/mol. The van der Waals surface area contributed by atoms with E-state index in [1.165, 1.54) is 11.3 Å². The van der Waals surface area contributed by atoms with Crippen LogP contribution in [-0.2, 0) is 23.5 Å². The van der Waals surface area contributed by atoms with Gasteiger partial charge in [-0.15, -0.1) is 21.5 Å². The average Bonchev–Trinajstić information content (AvgIpc) is 3.45. The van der Waals surface area contributed by atoms with E-state index in [1.807, 2.05) is 53.9 Å². The van der Waals surface area contributed by atoms with Crippen LogP contribution in [0.25, 0.3) is 11.4 Å². The zero-order valence-corrected chi connectivity index (χ0v) is 21.0. The molecule has 33 heavy (non-hydrogen) atoms. The third-order valence-electron chi connectivity index (χ3n) is 5.14. The maximum atomic E-state index is 12.5. The molecule has 0 spiro atoms. The summed E-state index contributed by atoms with van der Waals surface area (Å²) in [5.41, 5.74) is 3.88. The number of nitrogens with zero attached hydrogens (tertiary/aromatic N) is 5. The largest absolute Gasteiger partial charge is 0.302 e. The molecule has 4 aromatic rings. The molecule has 0 fully saturated rings. The molecule has 0 aliphatic heterocycles. The standard InChI is InChI=1S/C24H24ClN5OS2/c1-4-17-8-6-7-9-21(17)30(16(3)31)23-26-20(14-32-23)15-33-24-28-27-22(29(24)5-2)18-10-12-19(25)13-11-18/h6-14H,4-5,15H2,1-3H3. The van der Waals surface area contributed by atoms with Crippen molar-refractivity contribution >= 4 is 51.4 Å². The van der Waals surface area contributed by atoms with E-state index in [2.05, 4.69) is 28.6 Å². The van der Waals surface area contributed by atoms with Gasteiger partial charge in [0.2, 0.25) is 5.91 Å². The summed E-state index contributed by atoms with van der Waals surface area (Å²) in [6.07, 6.45) is 0.844. The number of thiazole rings is 1. The van der Waals surface area contributed by atoms with Gasteiger partial charge in [-0.1, -0.05) is 48.5 Å². The SMILES string of the molecule is CCc1ccccc1N(C(C)=O)c1nc(CSc2nnc(-c3ccc(Cl)cc3)n2CC)cs1. The number of aryl methyl sites for hydroxylation is 1. The minimum absolute atomic E-state index is 0.0530. The van der Waals surface area contributed by atoms with Crippen molar-refractivity contribution in [2.45, 2.75) is 44.6 Å². The van der Waals surface area contributed by atoms with E-state index in [9.17, 15) is 4.79 Å². The summed E-state index contributed by atoms with van der Waals surface area (Å²) in [6, 6.07) is 15.6. The summed E-state index contributed by atoms with van der Waals surface area (Å²) >= 11 is 9.08. The van der Waals surface area contributed by atoms with E-state index in [-0.39, 0.29) is 5.91 Å². The molecular weight excluding hydrogens is 474 g/mol. The van der Waals surface area contributed by atoms with Gasteiger partial charge in [0.15, 0.2) is 16.1 Å². The van der Waals surface area contributed by atoms with Gasteiger partial charge < -0.3 is 4.57 Å². The number of halogens is 1. The van der Waals surface area contributed by atoms with Gasteiger partial charge in [0, 0.05) is 35.2 Å². The van der Waals surface area contributed by atoms with Crippen LogP contribution >= 0.6 is 34.7 Å². The highest BCUT2D eigenvalue weighted by atomic mass is 35.5. The number of aromatic nitrogens is 4. The number of para-hydroxylation sites is 1. The Hall–Kier alpha value is -2.68. The van der Waals surface area contributed by atoms with Gasteiger partial charge in [-0.25, -0.2) is 4.98 Å². The Morgan fingerprint density at radius 3 is 2.58 bits per heavy atom. The second-order valence-corrected chi connectivity index (χ2v) is 9.52. The van der Waals surface area contributed by atoms with Gasteiger partial charge in [0.05, 0.1) is 11.4 Å². The lowest BCUT2D eigenvalue weighted by molar-refractivity contribution is -0.115. The molecule has 0 atom stereocenters. The van der Waals surface area contributed by atoms with Crippen molar-refractivity contribution in [2.75, 3.05) is 4.90 Å². The lowest BCUT2D eigenvalue weighted by Gasteiger charge is -2.20. The first-order valence-electron chi connectivity index (χ1n) is 10.7. The molecule has 9 heteroatoms. The van der Waals surface area contributed by atoms with Gasteiger partial charge in [-0.05, 0) is 49.2 Å². The number of carbonyl (C=O) groups excluding carboxylic acids is 1. The van der Waals surface area contributed by atoms with Crippen LogP contribution in [0.1, 0.15) is 32.0 Å². The Labute approximate surface area is 206 Å². The molecule has 2 aromatic heterocycles. The summed E-state index contributed by atoms with van der Waals surface area (Å²) in [5.74, 6) is 1.40. The predicted octanol–water partition coefficient (Wildman–Crippen LogP) is 6.61. The molecule has 170 valence electrons. The zero-order chi connectivity index (χ0) is 23.4. The molecule has 0 saturated carbocycles. The molecule has 0 unspecified atom stereocenters. The number of carbonyl (C=O) groups is 1. The topological polar surface area (TPSA) is 63.9 Å². The highest BCUT2D eigenvalue weighted by molar-refractivity contribution is 7.98. The van der Waals surface area contributed by atoms with Crippen LogP contribution in [0.4, 0.5) is 10.8 Å². The minimum atomic E-state index is -0.0530. The number of amides is 1. The Morgan fingerprint density at radius 2 is 1.88 bits per heavy atom. The molecule has 0 aliphatic carbocycles. The Balaban J connectivity index is 1.53. The number of anilines is 2. The molecular formula is C24H24ClN5OS2. The van der Waals surface area contributed by atoms with Gasteiger partial charge >= 0.3 is 0 Å². The van der Waals surface area contributed by atoms with E-state index in [0.29, 0.717) is 15.9 Å². The van der Waals surface area contributed by atoms with Crippen molar-refractivity contribution in [1.29, 1.82) is 0 Å². The number of hydrogen-bond acceptors (Lipinski definition) is 6. The monoisotopic (exact) mass is 497 g/mol. The molecule has 1 amide bonds. The summed E-state index contributed by atoms with van der Waals surface area (Å²) in [5, 5.41) is 13.0. The third-order valence-corrected chi connectivity index (χ3v) is 7.27. The Morgan fingerprint density at radius 1 is 1.12 bits per heavy atom. The van der Waals surface area contributed by atoms with Crippen molar-refractivity contribution in [1.82, 2.24) is 19.7 Å². The minimum Gasteiger partial charge on any atom is -0.302 e. The maximum Gasteiger partial charge on any atom is 0.230 e. The van der Waals surface area contributed by atoms with Gasteiger partial charge in [0.1, 0.15) is 0 Å². The van der Waals surface area contributed by atoms with Crippen molar-refractivity contribution in [3.63, 3.8) is 0 Å². The quantitative estimate of drug-likeness (QED) is 0.256. The summed E-state index contributed by atoms with van der Waals surface area (Å²) < 4.78 is 2.08. The van der Waals surface area contributed by atoms with E-state index in [0.717, 1.165) is 46.5 Å². The van der Waals surface area contributed by atoms with Crippen molar-refractivity contribution in [3.8, 4) is 11.4 Å². The first-order chi connectivity index (χ1) is 16.0. The molecule has 2 heterocycles. The fourth-order valence-electron chi connectivity index (χ4n) is 3.53. The Kier molecular flexibility index (Phi) is 7.47. The molecule has 0 aliphatic rings. The highest BCUT2D eigenvalue weighted by Crippen LogP contribution is 2.33. The van der Waals surface area contributed by atoms with Crippen LogP contribution in [0.2, 0.25) is 5.02 Å². The number of rotatable bonds is 8. The van der Waals surface area contributed by atoms with Crippen LogP contribution in [0.15, 0.2) is 59.1 Å². The summed E-state index contributed by atoms with van der Waals surface area (Å²) in [4.78, 5) is 19.0. The first kappa shape index (κ1) is 23.5. The van der Waals surface area contributed by atoms with Gasteiger partial charge in [-0.2, -0.15) is 0 Å². The molecule has 0 N–H and O–H groups in total. The predicted molar refractivity (Wildman–Crippen MR) is 136 cm³/mol. The van der Waals surface area contributed by atoms with Crippen LogP contribution in [0.5, 0.6) is 0 Å². The molecule has 4 rings (SSSR count). The highest BCUT2D eigenvalue weighted by Gasteiger charge is 2.21. The molecule has 0 saturated heterocycles. The normalized spacial score (nSPS) is 11.0. The van der Waals surface area contributed by atoms with Crippen molar-refractivity contribution < 1.29 is 4.79 Å². The van der Waals surface area contributed by atoms with Crippen molar-refractivity contribution in [2.24, 2.45) is 0 Å². The second kappa shape index (κ2) is 10.5. The van der Waals surface area contributed by atoms with Gasteiger partial charge in [-0.3, -0.25) is 9.69 Å². The zero-order valence-electron chi connectivity index (χ0n) is 18.7. The summed E-state index contributed by atoms with van der Waals surface area (Å²) in [6.45, 7) is 6.48. The Bertz CT molecular complexity index is 1250. The summed E-state index contributed by atoms with van der Waals surface area (Å²) in [7, 11) is 0. The molecule has 2 aromatic carbocycles. The van der Waals surface area contributed by atoms with Crippen LogP contribution in [0, 0.1) is 0 Å². The van der Waals surface area contributed by atoms with Crippen molar-refractivity contribution in [3.05, 3.63) is 70.2 Å². The smallest absolute Gasteiger partial charge is 0.230 e. The molecule has 0 radical (unpaired) electrons. The molecule has 0 bridgehead atoms. The van der Waals surface area contributed by atoms with Crippen LogP contribution in [0.3, 0.4) is 0 Å². The first-order valence-corrected chi connectivity index (χ1v) is 12.9. The third kappa shape index (κ3) is 5.13. The van der Waals surface area contributed by atoms with E-state index >= 15 is 0 Å². The lowest BCUT2D eigenvalue weighted by atomic mass is 10.1. The fourth-order valence-corrected chi connectivity index (χ4v) is 5.54. The maximum absolute atomic E-state index is 12.5. The van der Waals surface area contributed by atoms with Gasteiger partial charge in [0.25, 0.3) is 0 Å². The van der Waals surface area contributed by atoms with E-state index in [4.69, 9.17) is 16.6 Å². The second-order valence-electron chi connectivity index (χ2n) is 7.30. The lowest BCUT2D eigenvalue weighted by Crippen LogP contribution is -2.23. The van der Waals surface area contributed by atoms with E-state index in [1.54, 1.807) is 23.6 Å². The number of thioether (sulfide) groups is 1. The van der Waals surface area contributed by atoms with Crippen LogP contribution in [-0.4, -0.2) is 25.7 Å².